The Labute approximate surface area is 182 Å². The van der Waals surface area contributed by atoms with Gasteiger partial charge in [0, 0.05) is 40.2 Å². The van der Waals surface area contributed by atoms with Gasteiger partial charge in [0.25, 0.3) is 0 Å². The van der Waals surface area contributed by atoms with Crippen LogP contribution in [0, 0.1) is 5.82 Å². The summed E-state index contributed by atoms with van der Waals surface area (Å²) >= 11 is 0. The zero-order valence-electron chi connectivity index (χ0n) is 16.7. The summed E-state index contributed by atoms with van der Waals surface area (Å²) in [6.45, 7) is 0. The summed E-state index contributed by atoms with van der Waals surface area (Å²) in [5.74, 6) is -2.19. The molecule has 0 spiro atoms. The maximum atomic E-state index is 14.3. The number of nitrogens with two attached hydrogens (primary N) is 1. The third kappa shape index (κ3) is 4.21. The van der Waals surface area contributed by atoms with Gasteiger partial charge in [-0.25, -0.2) is 17.8 Å². The van der Waals surface area contributed by atoms with Crippen LogP contribution in [0.25, 0.3) is 22.2 Å². The summed E-state index contributed by atoms with van der Waals surface area (Å²) in [6.07, 6.45) is 4.04. The van der Waals surface area contributed by atoms with Crippen molar-refractivity contribution in [2.24, 2.45) is 5.73 Å². The number of hydrogen-bond donors (Lipinski definition) is 3. The van der Waals surface area contributed by atoms with E-state index >= 15 is 0 Å². The molecule has 0 aliphatic heterocycles. The summed E-state index contributed by atoms with van der Waals surface area (Å²) in [5, 5.41) is 0.442. The first-order valence-corrected chi connectivity index (χ1v) is 11.2. The molecule has 0 saturated carbocycles. The molecule has 0 unspecified atom stereocenters. The number of pyridine rings is 1. The number of carbonyl (C=O) groups is 2. The number of benzene rings is 2. The molecule has 4 N–H and O–H groups in total. The van der Waals surface area contributed by atoms with Crippen molar-refractivity contribution in [1.82, 2.24) is 9.97 Å². The molecule has 0 atom stereocenters. The second kappa shape index (κ2) is 7.89. The lowest BCUT2D eigenvalue weighted by molar-refractivity contribution is 0.1000. The number of ketones is 1. The number of aromatic nitrogens is 2. The Hall–Kier alpha value is -4.05. The van der Waals surface area contributed by atoms with Crippen LogP contribution < -0.4 is 10.5 Å². The second-order valence-electron chi connectivity index (χ2n) is 7.17. The molecule has 4 aromatic rings. The van der Waals surface area contributed by atoms with Crippen molar-refractivity contribution in [2.45, 2.75) is 0 Å². The van der Waals surface area contributed by atoms with Crippen molar-refractivity contribution in [3.8, 4) is 11.1 Å². The predicted octanol–water partition coefficient (Wildman–Crippen LogP) is 3.07. The maximum Gasteiger partial charge on any atom is 0.248 e. The molecule has 8 nitrogen and oxygen atoms in total. The fourth-order valence-corrected chi connectivity index (χ4v) is 3.88. The Morgan fingerprint density at radius 2 is 1.84 bits per heavy atom. The van der Waals surface area contributed by atoms with E-state index in [0.29, 0.717) is 27.8 Å². The molecule has 32 heavy (non-hydrogen) atoms. The summed E-state index contributed by atoms with van der Waals surface area (Å²) < 4.78 is 39.8. The molecule has 1 amide bonds. The van der Waals surface area contributed by atoms with Crippen LogP contribution >= 0.6 is 0 Å². The highest BCUT2D eigenvalue weighted by molar-refractivity contribution is 7.92. The van der Waals surface area contributed by atoms with Crippen LogP contribution in [-0.2, 0) is 10.0 Å². The third-order valence-corrected chi connectivity index (χ3v) is 5.38. The van der Waals surface area contributed by atoms with Crippen molar-refractivity contribution >= 4 is 38.4 Å². The van der Waals surface area contributed by atoms with Gasteiger partial charge in [-0.3, -0.25) is 14.3 Å². The van der Waals surface area contributed by atoms with E-state index in [2.05, 4.69) is 14.7 Å². The zero-order chi connectivity index (χ0) is 23.0. The van der Waals surface area contributed by atoms with Gasteiger partial charge >= 0.3 is 0 Å². The molecule has 0 bridgehead atoms. The smallest absolute Gasteiger partial charge is 0.248 e. The number of H-pyrrole nitrogens is 1. The minimum atomic E-state index is -3.45. The van der Waals surface area contributed by atoms with E-state index in [0.717, 1.165) is 18.4 Å². The van der Waals surface area contributed by atoms with E-state index in [1.54, 1.807) is 36.5 Å². The van der Waals surface area contributed by atoms with Gasteiger partial charge in [0.2, 0.25) is 15.9 Å². The zero-order valence-corrected chi connectivity index (χ0v) is 17.5. The molecule has 0 aliphatic carbocycles. The Kier molecular flexibility index (Phi) is 5.23. The minimum Gasteiger partial charge on any atom is -0.366 e. The van der Waals surface area contributed by atoms with Crippen LogP contribution in [0.2, 0.25) is 0 Å². The number of nitrogens with zero attached hydrogens (tertiary/aromatic N) is 1. The summed E-state index contributed by atoms with van der Waals surface area (Å²) in [5.41, 5.74) is 7.21. The monoisotopic (exact) mass is 452 g/mol. The molecule has 0 aliphatic rings. The number of amides is 1. The molecule has 4 rings (SSSR count). The van der Waals surface area contributed by atoms with Gasteiger partial charge in [0.15, 0.2) is 5.78 Å². The molecule has 162 valence electrons. The lowest BCUT2D eigenvalue weighted by atomic mass is 9.99. The van der Waals surface area contributed by atoms with E-state index in [1.807, 2.05) is 0 Å². The minimum absolute atomic E-state index is 0.0172. The van der Waals surface area contributed by atoms with Crippen LogP contribution in [0.5, 0.6) is 0 Å². The van der Waals surface area contributed by atoms with Crippen molar-refractivity contribution in [2.75, 3.05) is 11.0 Å². The van der Waals surface area contributed by atoms with E-state index in [4.69, 9.17) is 5.73 Å². The van der Waals surface area contributed by atoms with Crippen LogP contribution in [0.15, 0.2) is 60.9 Å². The normalized spacial score (nSPS) is 11.4. The molecule has 10 heteroatoms. The average Bonchev–Trinajstić information content (AvgIpc) is 3.15. The van der Waals surface area contributed by atoms with Crippen molar-refractivity contribution in [1.29, 1.82) is 0 Å². The number of fused-ring (bicyclic) bond motifs is 1. The lowest BCUT2D eigenvalue weighted by Gasteiger charge is -2.08. The quantitative estimate of drug-likeness (QED) is 0.387. The number of rotatable bonds is 6. The van der Waals surface area contributed by atoms with Crippen LogP contribution in [-0.4, -0.2) is 36.3 Å². The van der Waals surface area contributed by atoms with Crippen LogP contribution in [0.3, 0.4) is 0 Å². The predicted molar refractivity (Wildman–Crippen MR) is 118 cm³/mol. The van der Waals surface area contributed by atoms with Gasteiger partial charge in [-0.2, -0.15) is 0 Å². The number of primary amides is 1. The molecular weight excluding hydrogens is 435 g/mol. The van der Waals surface area contributed by atoms with E-state index in [-0.39, 0.29) is 16.7 Å². The lowest BCUT2D eigenvalue weighted by Crippen LogP contribution is -2.13. The number of anilines is 1. The van der Waals surface area contributed by atoms with Crippen molar-refractivity contribution in [3.05, 3.63) is 83.4 Å². The third-order valence-electron chi connectivity index (χ3n) is 4.77. The van der Waals surface area contributed by atoms with Crippen LogP contribution in [0.4, 0.5) is 10.1 Å². The van der Waals surface area contributed by atoms with E-state index in [9.17, 15) is 22.4 Å². The first kappa shape index (κ1) is 21.2. The highest BCUT2D eigenvalue weighted by Gasteiger charge is 2.20. The number of halogens is 1. The van der Waals surface area contributed by atoms with Gasteiger partial charge in [0.05, 0.1) is 11.8 Å². The topological polar surface area (TPSA) is 135 Å². The van der Waals surface area contributed by atoms with Gasteiger partial charge in [-0.15, -0.1) is 0 Å². The number of nitrogens with one attached hydrogen (secondary N) is 2. The Balaban J connectivity index is 1.78. The van der Waals surface area contributed by atoms with Gasteiger partial charge in [-0.05, 0) is 42.0 Å². The first-order valence-electron chi connectivity index (χ1n) is 9.32. The van der Waals surface area contributed by atoms with Crippen molar-refractivity contribution < 1.29 is 22.4 Å². The highest BCUT2D eigenvalue weighted by atomic mass is 32.2. The van der Waals surface area contributed by atoms with Crippen LogP contribution in [0.1, 0.15) is 26.3 Å². The fourth-order valence-electron chi connectivity index (χ4n) is 3.32. The maximum absolute atomic E-state index is 14.3. The molecule has 2 aromatic carbocycles. The Morgan fingerprint density at radius 3 is 2.56 bits per heavy atom. The Morgan fingerprint density at radius 1 is 1.06 bits per heavy atom. The van der Waals surface area contributed by atoms with Gasteiger partial charge < -0.3 is 10.7 Å². The largest absolute Gasteiger partial charge is 0.366 e. The van der Waals surface area contributed by atoms with E-state index < -0.39 is 27.5 Å². The molecule has 0 saturated heterocycles. The summed E-state index contributed by atoms with van der Waals surface area (Å²) in [7, 11) is -3.45. The number of carbonyl (C=O) groups excluding carboxylic acids is 2. The summed E-state index contributed by atoms with van der Waals surface area (Å²) in [6, 6.07) is 11.7. The molecule has 0 radical (unpaired) electrons. The average molecular weight is 452 g/mol. The van der Waals surface area contributed by atoms with Gasteiger partial charge in [0.1, 0.15) is 11.5 Å². The van der Waals surface area contributed by atoms with Gasteiger partial charge in [-0.1, -0.05) is 12.1 Å². The Bertz CT molecular complexity index is 1500. The molecule has 0 fully saturated rings. The SMILES string of the molecule is CS(=O)(=O)Nc1cccc(-c2cnc3[nH]cc(C(=O)c4cc(C(N)=O)ccc4F)c3c2)c1. The molecular formula is C22H17FN4O4S. The second-order valence-corrected chi connectivity index (χ2v) is 8.91. The highest BCUT2D eigenvalue weighted by Crippen LogP contribution is 2.28. The molecule has 2 heterocycles. The number of hydrogen-bond acceptors (Lipinski definition) is 5. The number of aromatic amines is 1. The molecule has 2 aromatic heterocycles. The number of sulfonamides is 1. The van der Waals surface area contributed by atoms with E-state index in [1.165, 1.54) is 12.3 Å². The summed E-state index contributed by atoms with van der Waals surface area (Å²) in [4.78, 5) is 31.7. The standard InChI is InChI=1S/C22H17FN4O4S/c1-32(30,31)27-15-4-2-3-12(7-15)14-9-16-18(11-26-22(16)25-10-14)20(28)17-8-13(21(24)29)5-6-19(17)23/h2-11,27H,1H3,(H2,24,29)(H,25,26). The fraction of sp³-hybridized carbons (Fsp3) is 0.0455. The van der Waals surface area contributed by atoms with Crippen molar-refractivity contribution in [3.63, 3.8) is 0 Å². The first-order chi connectivity index (χ1) is 15.1.